The molecule has 2 aromatic carbocycles. The predicted octanol–water partition coefficient (Wildman–Crippen LogP) is 4.57. The molecule has 4 aromatic rings. The third-order valence-corrected chi connectivity index (χ3v) is 6.56. The van der Waals surface area contributed by atoms with E-state index in [4.69, 9.17) is 9.47 Å². The Kier molecular flexibility index (Phi) is 6.60. The Balaban J connectivity index is 1.58. The van der Waals surface area contributed by atoms with Gasteiger partial charge in [-0.1, -0.05) is 0 Å². The topological polar surface area (TPSA) is 74.4 Å². The van der Waals surface area contributed by atoms with Crippen molar-refractivity contribution in [2.24, 2.45) is 7.05 Å². The number of alkyl halides is 3. The Bertz CT molecular complexity index is 1460. The number of hydrogen-bond acceptors (Lipinski definition) is 5. The van der Waals surface area contributed by atoms with Gasteiger partial charge in [-0.25, -0.2) is 4.98 Å². The van der Waals surface area contributed by atoms with E-state index in [0.29, 0.717) is 59.8 Å². The van der Waals surface area contributed by atoms with Crippen molar-refractivity contribution in [1.29, 1.82) is 0 Å². The molecule has 38 heavy (non-hydrogen) atoms. The van der Waals surface area contributed by atoms with Crippen molar-refractivity contribution in [3.05, 3.63) is 83.2 Å². The number of hydrogen-bond donors (Lipinski definition) is 0. The van der Waals surface area contributed by atoms with Gasteiger partial charge >= 0.3 is 6.18 Å². The van der Waals surface area contributed by atoms with Gasteiger partial charge in [-0.15, -0.1) is 0 Å². The number of imidazole rings is 1. The van der Waals surface area contributed by atoms with Gasteiger partial charge in [0.15, 0.2) is 5.69 Å². The average molecular weight is 526 g/mol. The highest BCUT2D eigenvalue weighted by molar-refractivity contribution is 5.99. The molecule has 8 nitrogen and oxygen atoms in total. The molecule has 5 rings (SSSR count). The minimum atomic E-state index is -4.64. The molecule has 1 aliphatic heterocycles. The zero-order valence-corrected chi connectivity index (χ0v) is 21.1. The van der Waals surface area contributed by atoms with E-state index < -0.39 is 11.9 Å². The Morgan fingerprint density at radius 3 is 2.26 bits per heavy atom. The second kappa shape index (κ2) is 9.88. The molecule has 1 aliphatic rings. The molecule has 0 bridgehead atoms. The van der Waals surface area contributed by atoms with Gasteiger partial charge in [0.05, 0.1) is 20.5 Å². The number of fused-ring (bicyclic) bond motifs is 1. The van der Waals surface area contributed by atoms with Gasteiger partial charge in [-0.2, -0.15) is 18.3 Å². The number of carbonyl (C=O) groups excluding carboxylic acids is 1. The van der Waals surface area contributed by atoms with Crippen LogP contribution in [0, 0.1) is 0 Å². The second-order valence-corrected chi connectivity index (χ2v) is 9.16. The van der Waals surface area contributed by atoms with Crippen LogP contribution in [0.4, 0.5) is 13.2 Å². The maximum absolute atomic E-state index is 13.9. The number of aromatic nitrogens is 4. The summed E-state index contributed by atoms with van der Waals surface area (Å²) < 4.78 is 55.4. The lowest BCUT2D eigenvalue weighted by Crippen LogP contribution is -2.37. The first-order valence-electron chi connectivity index (χ1n) is 11.9. The molecule has 0 saturated carbocycles. The molecular formula is C27H26F3N5O3. The Labute approximate surface area is 217 Å². The fourth-order valence-electron chi connectivity index (χ4n) is 4.86. The van der Waals surface area contributed by atoms with E-state index in [9.17, 15) is 18.0 Å². The summed E-state index contributed by atoms with van der Waals surface area (Å²) in [6.45, 7) is 0.997. The fraction of sp³-hybridized carbons (Fsp3) is 0.296. The van der Waals surface area contributed by atoms with Crippen LogP contribution in [0.5, 0.6) is 11.5 Å². The number of carbonyl (C=O) groups is 1. The monoisotopic (exact) mass is 525 g/mol. The van der Waals surface area contributed by atoms with Crippen molar-refractivity contribution in [1.82, 2.24) is 24.2 Å². The van der Waals surface area contributed by atoms with Crippen molar-refractivity contribution in [2.75, 3.05) is 20.8 Å². The van der Waals surface area contributed by atoms with Gasteiger partial charge in [-0.05, 0) is 52.9 Å². The van der Waals surface area contributed by atoms with Crippen LogP contribution in [0.25, 0.3) is 11.1 Å². The summed E-state index contributed by atoms with van der Waals surface area (Å²) in [4.78, 5) is 19.5. The number of amides is 1. The quantitative estimate of drug-likeness (QED) is 0.354. The minimum Gasteiger partial charge on any atom is -0.497 e. The second-order valence-electron chi connectivity index (χ2n) is 9.16. The minimum absolute atomic E-state index is 0.0393. The first-order valence-corrected chi connectivity index (χ1v) is 11.9. The molecule has 0 fully saturated rings. The van der Waals surface area contributed by atoms with E-state index in [1.807, 2.05) is 12.1 Å². The number of nitrogens with zero attached hydrogens (tertiary/aromatic N) is 5. The highest BCUT2D eigenvalue weighted by atomic mass is 19.4. The van der Waals surface area contributed by atoms with Crippen LogP contribution in [-0.4, -0.2) is 50.9 Å². The summed E-state index contributed by atoms with van der Waals surface area (Å²) in [5, 5.41) is 3.69. The molecule has 0 spiro atoms. The SMILES string of the molecule is COc1cc(CN2CCc3c(cc(Cn4ccnc4)cc3-c3cn(C)nc3C(F)(F)F)C2=O)cc(OC)c1. The molecular weight excluding hydrogens is 499 g/mol. The van der Waals surface area contributed by atoms with Crippen LogP contribution in [0.3, 0.4) is 0 Å². The zero-order chi connectivity index (χ0) is 27.0. The van der Waals surface area contributed by atoms with Crippen LogP contribution >= 0.6 is 0 Å². The number of halogens is 3. The Morgan fingerprint density at radius 2 is 1.63 bits per heavy atom. The van der Waals surface area contributed by atoms with Crippen molar-refractivity contribution in [2.45, 2.75) is 25.7 Å². The summed E-state index contributed by atoms with van der Waals surface area (Å²) in [6, 6.07) is 8.90. The molecule has 3 heterocycles. The molecule has 0 radical (unpaired) electrons. The highest BCUT2D eigenvalue weighted by Gasteiger charge is 2.39. The maximum Gasteiger partial charge on any atom is 0.435 e. The summed E-state index contributed by atoms with van der Waals surface area (Å²) in [5.41, 5.74) is 1.83. The van der Waals surface area contributed by atoms with E-state index in [2.05, 4.69) is 10.1 Å². The van der Waals surface area contributed by atoms with Gasteiger partial charge in [0.25, 0.3) is 5.91 Å². The summed E-state index contributed by atoms with van der Waals surface area (Å²) >= 11 is 0. The van der Waals surface area contributed by atoms with Crippen molar-refractivity contribution in [3.8, 4) is 22.6 Å². The van der Waals surface area contributed by atoms with E-state index in [-0.39, 0.29) is 11.5 Å². The normalized spacial score (nSPS) is 13.5. The predicted molar refractivity (Wildman–Crippen MR) is 133 cm³/mol. The van der Waals surface area contributed by atoms with Gasteiger partial charge in [0, 0.05) is 62.5 Å². The molecule has 0 atom stereocenters. The van der Waals surface area contributed by atoms with Crippen LogP contribution in [0.15, 0.2) is 55.2 Å². The van der Waals surface area contributed by atoms with E-state index >= 15 is 0 Å². The first kappa shape index (κ1) is 25.4. The van der Waals surface area contributed by atoms with E-state index in [1.165, 1.54) is 13.2 Å². The Morgan fingerprint density at radius 1 is 0.947 bits per heavy atom. The molecule has 198 valence electrons. The molecule has 2 aromatic heterocycles. The van der Waals surface area contributed by atoms with Gasteiger partial charge in [0.2, 0.25) is 0 Å². The molecule has 1 amide bonds. The summed E-state index contributed by atoms with van der Waals surface area (Å²) in [5.74, 6) is 0.954. The van der Waals surface area contributed by atoms with E-state index in [0.717, 1.165) is 10.2 Å². The van der Waals surface area contributed by atoms with Crippen molar-refractivity contribution < 1.29 is 27.4 Å². The first-order chi connectivity index (χ1) is 18.2. The van der Waals surface area contributed by atoms with Crippen LogP contribution in [0.2, 0.25) is 0 Å². The smallest absolute Gasteiger partial charge is 0.435 e. The summed E-state index contributed by atoms with van der Waals surface area (Å²) in [6.07, 6.45) is 2.12. The molecule has 0 saturated heterocycles. The molecule has 0 unspecified atom stereocenters. The molecule has 0 N–H and O–H groups in total. The largest absolute Gasteiger partial charge is 0.497 e. The van der Waals surface area contributed by atoms with Gasteiger partial charge < -0.3 is 18.9 Å². The van der Waals surface area contributed by atoms with Gasteiger partial charge in [0.1, 0.15) is 11.5 Å². The van der Waals surface area contributed by atoms with Crippen molar-refractivity contribution >= 4 is 5.91 Å². The highest BCUT2D eigenvalue weighted by Crippen LogP contribution is 2.40. The molecule has 11 heteroatoms. The third kappa shape index (κ3) is 4.96. The van der Waals surface area contributed by atoms with Gasteiger partial charge in [-0.3, -0.25) is 9.48 Å². The number of rotatable bonds is 7. The summed E-state index contributed by atoms with van der Waals surface area (Å²) in [7, 11) is 4.56. The number of ether oxygens (including phenoxy) is 2. The lowest BCUT2D eigenvalue weighted by atomic mass is 9.88. The maximum atomic E-state index is 13.9. The van der Waals surface area contributed by atoms with Crippen LogP contribution in [-0.2, 0) is 32.7 Å². The number of methoxy groups -OCH3 is 2. The standard InChI is InChI=1S/C27H26F3N5O3/c1-33-15-24(25(32-33)27(28,29)30)22-10-18(13-34-7-5-31-16-34)11-23-21(22)4-6-35(26(23)36)14-17-8-19(37-2)12-20(9-17)38-3/h5,7-12,15-16H,4,6,13-14H2,1-3H3. The number of aryl methyl sites for hydroxylation is 1. The van der Waals surface area contributed by atoms with Crippen LogP contribution in [0.1, 0.15) is 32.7 Å². The average Bonchev–Trinajstić information content (AvgIpc) is 3.54. The third-order valence-electron chi connectivity index (χ3n) is 6.56. The lowest BCUT2D eigenvalue weighted by molar-refractivity contribution is -0.140. The number of benzene rings is 2. The van der Waals surface area contributed by atoms with Crippen molar-refractivity contribution in [3.63, 3.8) is 0 Å². The zero-order valence-electron chi connectivity index (χ0n) is 21.1. The fourth-order valence-corrected chi connectivity index (χ4v) is 4.86. The Hall–Kier alpha value is -4.28. The van der Waals surface area contributed by atoms with Crippen LogP contribution < -0.4 is 9.47 Å². The molecule has 0 aliphatic carbocycles. The van der Waals surface area contributed by atoms with E-state index in [1.54, 1.807) is 60.6 Å². The lowest BCUT2D eigenvalue weighted by Gasteiger charge is -2.31.